The summed E-state index contributed by atoms with van der Waals surface area (Å²) in [6.45, 7) is 4.39. The lowest BCUT2D eigenvalue weighted by Crippen LogP contribution is -2.46. The fourth-order valence-electron chi connectivity index (χ4n) is 4.79. The molecule has 2 N–H and O–H groups in total. The van der Waals surface area contributed by atoms with Gasteiger partial charge in [-0.15, -0.1) is 0 Å². The maximum atomic E-state index is 13.8. The Kier molecular flexibility index (Phi) is 8.94. The van der Waals surface area contributed by atoms with Crippen molar-refractivity contribution in [1.29, 1.82) is 0 Å². The van der Waals surface area contributed by atoms with Gasteiger partial charge in [-0.3, -0.25) is 19.1 Å². The van der Waals surface area contributed by atoms with Crippen LogP contribution in [0.1, 0.15) is 58.4 Å². The standard InChI is InChI=1S/C27H32F3N3O8S2/c1-26(2,3)41-25(35)31-18-11-12-23-22(14-18)33(43(38,39)21-10-6-7-17(13-21)27(28,29)30)16-19(40-23)15-24(34)32-42(36,37)20-8-4-5-9-20/h6-7,10-14,19-20H,4-5,8-9,15-16H2,1-3H3,(H,31,35)(H,32,34)/t19-/m0/s1. The van der Waals surface area contributed by atoms with Crippen molar-refractivity contribution in [3.8, 4) is 5.75 Å². The van der Waals surface area contributed by atoms with Crippen LogP contribution in [0, 0.1) is 0 Å². The van der Waals surface area contributed by atoms with Gasteiger partial charge in [0.1, 0.15) is 17.5 Å². The van der Waals surface area contributed by atoms with Gasteiger partial charge in [-0.25, -0.2) is 21.6 Å². The first-order valence-corrected chi connectivity index (χ1v) is 16.4. The van der Waals surface area contributed by atoms with E-state index in [4.69, 9.17) is 9.47 Å². The van der Waals surface area contributed by atoms with Crippen LogP contribution in [-0.4, -0.2) is 52.3 Å². The maximum Gasteiger partial charge on any atom is 0.416 e. The Hall–Kier alpha value is -3.53. The molecule has 1 heterocycles. The highest BCUT2D eigenvalue weighted by atomic mass is 32.2. The van der Waals surface area contributed by atoms with E-state index in [2.05, 4.69) is 5.32 Å². The van der Waals surface area contributed by atoms with Crippen LogP contribution >= 0.6 is 0 Å². The van der Waals surface area contributed by atoms with Gasteiger partial charge < -0.3 is 9.47 Å². The first-order valence-electron chi connectivity index (χ1n) is 13.4. The Morgan fingerprint density at radius 1 is 1.02 bits per heavy atom. The molecule has 1 fully saturated rings. The molecule has 1 aliphatic heterocycles. The van der Waals surface area contributed by atoms with Crippen molar-refractivity contribution in [2.75, 3.05) is 16.2 Å². The normalized spacial score (nSPS) is 18.0. The third-order valence-corrected chi connectivity index (χ3v) is 10.3. The highest BCUT2D eigenvalue weighted by Gasteiger charge is 2.39. The van der Waals surface area contributed by atoms with E-state index in [0.29, 0.717) is 18.9 Å². The van der Waals surface area contributed by atoms with Crippen LogP contribution in [0.5, 0.6) is 5.75 Å². The van der Waals surface area contributed by atoms with Crippen LogP contribution < -0.4 is 19.1 Å². The van der Waals surface area contributed by atoms with E-state index in [1.807, 2.05) is 4.72 Å². The van der Waals surface area contributed by atoms with E-state index in [1.165, 1.54) is 18.2 Å². The summed E-state index contributed by atoms with van der Waals surface area (Å²) in [7, 11) is -8.64. The average molecular weight is 648 g/mol. The lowest BCUT2D eigenvalue weighted by Gasteiger charge is -2.35. The summed E-state index contributed by atoms with van der Waals surface area (Å²) in [5, 5.41) is 1.76. The molecule has 1 aliphatic carbocycles. The number of carbonyl (C=O) groups excluding carboxylic acids is 2. The molecule has 2 aromatic carbocycles. The number of nitrogens with zero attached hydrogens (tertiary/aromatic N) is 1. The molecule has 0 unspecified atom stereocenters. The Balaban J connectivity index is 1.66. The number of anilines is 2. The molecule has 0 bridgehead atoms. The van der Waals surface area contributed by atoms with E-state index in [-0.39, 0.29) is 17.1 Å². The van der Waals surface area contributed by atoms with Gasteiger partial charge in [-0.05, 0) is 70.0 Å². The molecular weight excluding hydrogens is 615 g/mol. The number of fused-ring (bicyclic) bond motifs is 1. The minimum atomic E-state index is -4.82. The van der Waals surface area contributed by atoms with Crippen molar-refractivity contribution in [1.82, 2.24) is 4.72 Å². The third-order valence-electron chi connectivity index (χ3n) is 6.70. The molecule has 236 valence electrons. The van der Waals surface area contributed by atoms with Crippen LogP contribution in [0.2, 0.25) is 0 Å². The smallest absolute Gasteiger partial charge is 0.416 e. The lowest BCUT2D eigenvalue weighted by molar-refractivity contribution is -0.137. The minimum absolute atomic E-state index is 0.0620. The summed E-state index contributed by atoms with van der Waals surface area (Å²) in [5.41, 5.74) is -2.05. The highest BCUT2D eigenvalue weighted by molar-refractivity contribution is 7.92. The second-order valence-electron chi connectivity index (χ2n) is 11.3. The van der Waals surface area contributed by atoms with Gasteiger partial charge in [0.15, 0.2) is 0 Å². The molecule has 1 saturated carbocycles. The molecule has 0 radical (unpaired) electrons. The Bertz CT molecular complexity index is 1600. The van der Waals surface area contributed by atoms with Crippen LogP contribution in [-0.2, 0) is 35.8 Å². The lowest BCUT2D eigenvalue weighted by atomic mass is 10.1. The molecule has 43 heavy (non-hydrogen) atoms. The molecule has 2 amide bonds. The van der Waals surface area contributed by atoms with E-state index in [1.54, 1.807) is 20.8 Å². The molecule has 2 aliphatic rings. The number of ether oxygens (including phenoxy) is 2. The van der Waals surface area contributed by atoms with E-state index >= 15 is 0 Å². The predicted octanol–water partition coefficient (Wildman–Crippen LogP) is 4.79. The van der Waals surface area contributed by atoms with Gasteiger partial charge in [-0.1, -0.05) is 18.9 Å². The Morgan fingerprint density at radius 2 is 1.70 bits per heavy atom. The average Bonchev–Trinajstić information content (AvgIpc) is 3.43. The predicted molar refractivity (Wildman–Crippen MR) is 151 cm³/mol. The molecular formula is C27H32F3N3O8S2. The molecule has 4 rings (SSSR count). The van der Waals surface area contributed by atoms with Crippen LogP contribution in [0.3, 0.4) is 0 Å². The van der Waals surface area contributed by atoms with E-state index in [0.717, 1.165) is 35.3 Å². The number of nitrogens with one attached hydrogen (secondary N) is 2. The van der Waals surface area contributed by atoms with Gasteiger partial charge in [0, 0.05) is 5.69 Å². The highest BCUT2D eigenvalue weighted by Crippen LogP contribution is 2.40. The van der Waals surface area contributed by atoms with Gasteiger partial charge in [-0.2, -0.15) is 13.2 Å². The first kappa shape index (κ1) is 32.4. The number of benzene rings is 2. The molecule has 0 aromatic heterocycles. The number of carbonyl (C=O) groups is 2. The molecule has 11 nitrogen and oxygen atoms in total. The maximum absolute atomic E-state index is 13.8. The molecule has 1 atom stereocenters. The van der Waals surface area contributed by atoms with Gasteiger partial charge in [0.25, 0.3) is 10.0 Å². The van der Waals surface area contributed by atoms with Crippen molar-refractivity contribution in [2.45, 2.75) is 80.9 Å². The largest absolute Gasteiger partial charge is 0.486 e. The summed E-state index contributed by atoms with van der Waals surface area (Å²) in [6.07, 6.45) is -5.14. The summed E-state index contributed by atoms with van der Waals surface area (Å²) >= 11 is 0. The number of amides is 2. The summed E-state index contributed by atoms with van der Waals surface area (Å²) in [5.74, 6) is -0.979. The fraction of sp³-hybridized carbons (Fsp3) is 0.481. The van der Waals surface area contributed by atoms with E-state index < -0.39 is 78.6 Å². The van der Waals surface area contributed by atoms with Crippen molar-refractivity contribution in [3.63, 3.8) is 0 Å². The van der Waals surface area contributed by atoms with E-state index in [9.17, 15) is 39.6 Å². The SMILES string of the molecule is CC(C)(C)OC(=O)Nc1ccc2c(c1)N(S(=O)(=O)c1cccc(C(F)(F)F)c1)C[C@H](CC(=O)NS(=O)(=O)C1CCCC1)O2. The second kappa shape index (κ2) is 11.9. The molecule has 0 saturated heterocycles. The Labute approximate surface area is 247 Å². The number of sulfonamides is 2. The molecule has 16 heteroatoms. The van der Waals surface area contributed by atoms with Crippen molar-refractivity contribution >= 4 is 43.4 Å². The van der Waals surface area contributed by atoms with Crippen LogP contribution in [0.25, 0.3) is 0 Å². The van der Waals surface area contributed by atoms with Gasteiger partial charge in [0.2, 0.25) is 15.9 Å². The zero-order valence-electron chi connectivity index (χ0n) is 23.6. The minimum Gasteiger partial charge on any atom is -0.486 e. The number of hydrogen-bond donors (Lipinski definition) is 2. The van der Waals surface area contributed by atoms with Crippen LogP contribution in [0.4, 0.5) is 29.3 Å². The molecule has 2 aromatic rings. The number of halogens is 3. The zero-order chi connectivity index (χ0) is 31.8. The van der Waals surface area contributed by atoms with Crippen molar-refractivity contribution < 1.29 is 49.1 Å². The number of alkyl halides is 3. The van der Waals surface area contributed by atoms with Gasteiger partial charge in [0.05, 0.1) is 34.4 Å². The second-order valence-corrected chi connectivity index (χ2v) is 15.1. The monoisotopic (exact) mass is 647 g/mol. The summed E-state index contributed by atoms with van der Waals surface area (Å²) < 4.78 is 107. The van der Waals surface area contributed by atoms with Crippen molar-refractivity contribution in [2.24, 2.45) is 0 Å². The van der Waals surface area contributed by atoms with Gasteiger partial charge >= 0.3 is 12.3 Å². The molecule has 0 spiro atoms. The summed E-state index contributed by atoms with van der Waals surface area (Å²) in [6, 6.07) is 7.11. The first-order chi connectivity index (χ1) is 19.8. The third kappa shape index (κ3) is 7.90. The fourth-order valence-corrected chi connectivity index (χ4v) is 7.86. The number of rotatable bonds is 7. The zero-order valence-corrected chi connectivity index (χ0v) is 25.2. The number of hydrogen-bond acceptors (Lipinski definition) is 8. The quantitative estimate of drug-likeness (QED) is 0.436. The topological polar surface area (TPSA) is 148 Å². The van der Waals surface area contributed by atoms with Crippen molar-refractivity contribution in [3.05, 3.63) is 48.0 Å². The van der Waals surface area contributed by atoms with Crippen LogP contribution in [0.15, 0.2) is 47.4 Å². The Morgan fingerprint density at radius 3 is 2.33 bits per heavy atom. The summed E-state index contributed by atoms with van der Waals surface area (Å²) in [4.78, 5) is 24.4.